The average molecular weight is 263 g/mol. The maximum atomic E-state index is 10.4. The molecule has 2 atom stereocenters. The molecule has 2 heteroatoms. The molecule has 0 aliphatic heterocycles. The smallest absolute Gasteiger partial charge is 0.0830 e. The summed E-state index contributed by atoms with van der Waals surface area (Å²) in [4.78, 5) is 0. The van der Waals surface area contributed by atoms with Crippen molar-refractivity contribution in [1.29, 1.82) is 0 Å². The zero-order valence-corrected chi connectivity index (χ0v) is 13.0. The van der Waals surface area contributed by atoms with E-state index in [1.54, 1.807) is 0 Å². The van der Waals surface area contributed by atoms with Crippen molar-refractivity contribution in [2.75, 3.05) is 6.54 Å². The van der Waals surface area contributed by atoms with Crippen LogP contribution in [0.25, 0.3) is 0 Å². The van der Waals surface area contributed by atoms with Crippen LogP contribution in [0.3, 0.4) is 0 Å². The molecule has 0 spiro atoms. The van der Waals surface area contributed by atoms with Gasteiger partial charge >= 0.3 is 0 Å². The molecule has 1 aromatic carbocycles. The fourth-order valence-corrected chi connectivity index (χ4v) is 2.41. The SMILES string of the molecule is CC(C)CC(CN)C(O)c1ccc(C(C)(C)C)cc1. The average Bonchev–Trinajstić information content (AvgIpc) is 2.34. The Kier molecular flexibility index (Phi) is 5.57. The minimum atomic E-state index is -0.457. The zero-order valence-electron chi connectivity index (χ0n) is 13.0. The highest BCUT2D eigenvalue weighted by atomic mass is 16.3. The van der Waals surface area contributed by atoms with E-state index < -0.39 is 6.10 Å². The van der Waals surface area contributed by atoms with E-state index in [2.05, 4.69) is 46.8 Å². The van der Waals surface area contributed by atoms with Crippen molar-refractivity contribution in [2.24, 2.45) is 17.6 Å². The summed E-state index contributed by atoms with van der Waals surface area (Å²) in [5.74, 6) is 0.692. The maximum absolute atomic E-state index is 10.4. The van der Waals surface area contributed by atoms with E-state index in [4.69, 9.17) is 5.73 Å². The fraction of sp³-hybridized carbons (Fsp3) is 0.647. The monoisotopic (exact) mass is 263 g/mol. The Morgan fingerprint density at radius 2 is 1.63 bits per heavy atom. The van der Waals surface area contributed by atoms with Gasteiger partial charge in [-0.05, 0) is 35.4 Å². The van der Waals surface area contributed by atoms with Gasteiger partial charge in [0.15, 0.2) is 0 Å². The lowest BCUT2D eigenvalue weighted by atomic mass is 9.84. The van der Waals surface area contributed by atoms with Crippen LogP contribution in [0.5, 0.6) is 0 Å². The summed E-state index contributed by atoms with van der Waals surface area (Å²) in [5, 5.41) is 10.4. The lowest BCUT2D eigenvalue weighted by Gasteiger charge is -2.25. The van der Waals surface area contributed by atoms with Crippen LogP contribution >= 0.6 is 0 Å². The first kappa shape index (κ1) is 16.2. The predicted octanol–water partition coefficient (Wildman–Crippen LogP) is 3.64. The normalized spacial score (nSPS) is 15.6. The molecule has 0 amide bonds. The number of hydrogen-bond donors (Lipinski definition) is 2. The van der Waals surface area contributed by atoms with Crippen LogP contribution in [0.2, 0.25) is 0 Å². The molecule has 3 N–H and O–H groups in total. The van der Waals surface area contributed by atoms with Crippen molar-refractivity contribution in [2.45, 2.75) is 52.6 Å². The molecule has 0 radical (unpaired) electrons. The molecule has 19 heavy (non-hydrogen) atoms. The highest BCUT2D eigenvalue weighted by molar-refractivity contribution is 5.28. The van der Waals surface area contributed by atoms with Gasteiger partial charge in [-0.3, -0.25) is 0 Å². The Morgan fingerprint density at radius 1 is 1.11 bits per heavy atom. The molecule has 1 aromatic rings. The van der Waals surface area contributed by atoms with E-state index in [1.807, 2.05) is 12.1 Å². The zero-order chi connectivity index (χ0) is 14.6. The molecular weight excluding hydrogens is 234 g/mol. The van der Waals surface area contributed by atoms with Crippen molar-refractivity contribution < 1.29 is 5.11 Å². The molecule has 1 rings (SSSR count). The van der Waals surface area contributed by atoms with Crippen LogP contribution in [0, 0.1) is 11.8 Å². The number of benzene rings is 1. The van der Waals surface area contributed by atoms with Gasteiger partial charge in [0.1, 0.15) is 0 Å². The van der Waals surface area contributed by atoms with Crippen molar-refractivity contribution >= 4 is 0 Å². The Morgan fingerprint density at radius 3 is 2.00 bits per heavy atom. The molecule has 108 valence electrons. The van der Waals surface area contributed by atoms with Gasteiger partial charge in [-0.25, -0.2) is 0 Å². The van der Waals surface area contributed by atoms with Gasteiger partial charge in [-0.15, -0.1) is 0 Å². The minimum Gasteiger partial charge on any atom is -0.388 e. The van der Waals surface area contributed by atoms with Gasteiger partial charge in [-0.2, -0.15) is 0 Å². The first-order valence-corrected chi connectivity index (χ1v) is 7.24. The number of aliphatic hydroxyl groups is 1. The molecule has 0 bridgehead atoms. The lowest BCUT2D eigenvalue weighted by Crippen LogP contribution is -2.23. The second-order valence-corrected chi connectivity index (χ2v) is 6.94. The summed E-state index contributed by atoms with van der Waals surface area (Å²) in [6, 6.07) is 8.30. The quantitative estimate of drug-likeness (QED) is 0.852. The molecule has 2 nitrogen and oxygen atoms in total. The summed E-state index contributed by atoms with van der Waals surface area (Å²) in [6.07, 6.45) is 0.500. The van der Waals surface area contributed by atoms with Crippen molar-refractivity contribution in [1.82, 2.24) is 0 Å². The summed E-state index contributed by atoms with van der Waals surface area (Å²) in [6.45, 7) is 11.4. The summed E-state index contributed by atoms with van der Waals surface area (Å²) >= 11 is 0. The lowest BCUT2D eigenvalue weighted by molar-refractivity contribution is 0.0994. The molecule has 0 fully saturated rings. The van der Waals surface area contributed by atoms with E-state index in [0.29, 0.717) is 12.5 Å². The van der Waals surface area contributed by atoms with Crippen molar-refractivity contribution in [3.63, 3.8) is 0 Å². The first-order valence-electron chi connectivity index (χ1n) is 7.24. The minimum absolute atomic E-state index is 0.139. The largest absolute Gasteiger partial charge is 0.388 e. The summed E-state index contributed by atoms with van der Waals surface area (Å²) in [7, 11) is 0. The maximum Gasteiger partial charge on any atom is 0.0830 e. The van der Waals surface area contributed by atoms with Crippen LogP contribution in [0.4, 0.5) is 0 Å². The number of aliphatic hydroxyl groups excluding tert-OH is 1. The fourth-order valence-electron chi connectivity index (χ4n) is 2.41. The number of hydrogen-bond acceptors (Lipinski definition) is 2. The first-order chi connectivity index (χ1) is 8.75. The summed E-state index contributed by atoms with van der Waals surface area (Å²) < 4.78 is 0. The van der Waals surface area contributed by atoms with Crippen LogP contribution in [-0.2, 0) is 5.41 Å². The standard InChI is InChI=1S/C17H29NO/c1-12(2)10-14(11-18)16(19)13-6-8-15(9-7-13)17(3,4)5/h6-9,12,14,16,19H,10-11,18H2,1-5H3. The van der Waals surface area contributed by atoms with Gasteiger partial charge in [0.25, 0.3) is 0 Å². The Labute approximate surface area is 118 Å². The van der Waals surface area contributed by atoms with Crippen LogP contribution in [0.15, 0.2) is 24.3 Å². The second kappa shape index (κ2) is 6.53. The third kappa shape index (κ3) is 4.63. The Bertz CT molecular complexity index is 375. The van der Waals surface area contributed by atoms with Gasteiger partial charge in [-0.1, -0.05) is 58.9 Å². The van der Waals surface area contributed by atoms with E-state index >= 15 is 0 Å². The molecule has 0 saturated heterocycles. The van der Waals surface area contributed by atoms with Crippen LogP contribution in [0.1, 0.15) is 58.3 Å². The highest BCUT2D eigenvalue weighted by Crippen LogP contribution is 2.29. The number of rotatable bonds is 5. The van der Waals surface area contributed by atoms with Crippen LogP contribution in [-0.4, -0.2) is 11.7 Å². The molecule has 0 aliphatic carbocycles. The third-order valence-corrected chi connectivity index (χ3v) is 3.64. The van der Waals surface area contributed by atoms with Crippen LogP contribution < -0.4 is 5.73 Å². The van der Waals surface area contributed by atoms with E-state index in [-0.39, 0.29) is 11.3 Å². The topological polar surface area (TPSA) is 46.2 Å². The van der Waals surface area contributed by atoms with E-state index in [0.717, 1.165) is 12.0 Å². The highest BCUT2D eigenvalue weighted by Gasteiger charge is 2.21. The molecule has 0 aromatic heterocycles. The third-order valence-electron chi connectivity index (χ3n) is 3.64. The number of nitrogens with two attached hydrogens (primary N) is 1. The van der Waals surface area contributed by atoms with Gasteiger partial charge in [0, 0.05) is 5.92 Å². The van der Waals surface area contributed by atoms with Crippen molar-refractivity contribution in [3.05, 3.63) is 35.4 Å². The molecular formula is C17H29NO. The molecule has 0 aliphatic rings. The van der Waals surface area contributed by atoms with Crippen molar-refractivity contribution in [3.8, 4) is 0 Å². The molecule has 0 saturated carbocycles. The predicted molar refractivity (Wildman–Crippen MR) is 82.1 cm³/mol. The second-order valence-electron chi connectivity index (χ2n) is 6.94. The molecule has 2 unspecified atom stereocenters. The molecule has 0 heterocycles. The Hall–Kier alpha value is -0.860. The van der Waals surface area contributed by atoms with Gasteiger partial charge in [0.05, 0.1) is 6.10 Å². The Balaban J connectivity index is 2.84. The van der Waals surface area contributed by atoms with E-state index in [1.165, 1.54) is 5.56 Å². The summed E-state index contributed by atoms with van der Waals surface area (Å²) in [5.41, 5.74) is 8.21. The van der Waals surface area contributed by atoms with E-state index in [9.17, 15) is 5.11 Å². The van der Waals surface area contributed by atoms with Gasteiger partial charge in [0.2, 0.25) is 0 Å². The van der Waals surface area contributed by atoms with Gasteiger partial charge < -0.3 is 10.8 Å².